The summed E-state index contributed by atoms with van der Waals surface area (Å²) >= 11 is 0. The SMILES string of the molecule is CCCCCCCCCCCCCCOc1c(C=O)[nH]c(C=O)c1OCCCCCCCCCCCCCC. The third kappa shape index (κ3) is 18.2. The van der Waals surface area contributed by atoms with Crippen molar-refractivity contribution in [2.24, 2.45) is 0 Å². The molecule has 1 rings (SSSR count). The number of H-pyrrole nitrogens is 1. The molecule has 0 spiro atoms. The van der Waals surface area contributed by atoms with Gasteiger partial charge in [0.05, 0.1) is 13.2 Å². The number of nitrogens with one attached hydrogen (secondary N) is 1. The van der Waals surface area contributed by atoms with Gasteiger partial charge in [-0.3, -0.25) is 9.59 Å². The van der Waals surface area contributed by atoms with E-state index in [1.165, 1.54) is 128 Å². The first-order valence-corrected chi connectivity index (χ1v) is 16.7. The van der Waals surface area contributed by atoms with Gasteiger partial charge in [0.25, 0.3) is 0 Å². The fourth-order valence-corrected chi connectivity index (χ4v) is 5.19. The quantitative estimate of drug-likeness (QED) is 0.0768. The summed E-state index contributed by atoms with van der Waals surface area (Å²) in [4.78, 5) is 26.0. The summed E-state index contributed by atoms with van der Waals surface area (Å²) in [5, 5.41) is 0. The lowest BCUT2D eigenvalue weighted by Crippen LogP contribution is -2.03. The van der Waals surface area contributed by atoms with E-state index >= 15 is 0 Å². The van der Waals surface area contributed by atoms with Crippen LogP contribution in [0.4, 0.5) is 0 Å². The molecule has 0 saturated carbocycles. The number of carbonyl (C=O) groups excluding carboxylic acids is 2. The number of aromatic amines is 1. The van der Waals surface area contributed by atoms with Crippen LogP contribution in [-0.4, -0.2) is 30.8 Å². The fraction of sp³-hybridized carbons (Fsp3) is 0.824. The van der Waals surface area contributed by atoms with Gasteiger partial charge in [-0.25, -0.2) is 0 Å². The molecule has 0 saturated heterocycles. The highest BCUT2D eigenvalue weighted by Gasteiger charge is 2.20. The van der Waals surface area contributed by atoms with E-state index < -0.39 is 0 Å². The van der Waals surface area contributed by atoms with Crippen LogP contribution in [-0.2, 0) is 0 Å². The molecule has 1 heterocycles. The van der Waals surface area contributed by atoms with Crippen LogP contribution in [0.15, 0.2) is 0 Å². The maximum Gasteiger partial charge on any atom is 0.190 e. The third-order valence-corrected chi connectivity index (χ3v) is 7.69. The van der Waals surface area contributed by atoms with Crippen molar-refractivity contribution in [3.63, 3.8) is 0 Å². The normalized spacial score (nSPS) is 11.1. The summed E-state index contributed by atoms with van der Waals surface area (Å²) in [7, 11) is 0. The summed E-state index contributed by atoms with van der Waals surface area (Å²) in [5.74, 6) is 0.795. The van der Waals surface area contributed by atoms with Crippen LogP contribution in [0.3, 0.4) is 0 Å². The Bertz CT molecular complexity index is 643. The highest BCUT2D eigenvalue weighted by Crippen LogP contribution is 2.34. The minimum Gasteiger partial charge on any atom is -0.487 e. The first-order valence-electron chi connectivity index (χ1n) is 16.7. The Labute approximate surface area is 240 Å². The molecule has 0 atom stereocenters. The van der Waals surface area contributed by atoms with Crippen molar-refractivity contribution in [3.05, 3.63) is 11.4 Å². The van der Waals surface area contributed by atoms with Gasteiger partial charge in [-0.2, -0.15) is 0 Å². The lowest BCUT2D eigenvalue weighted by molar-refractivity contribution is 0.111. The maximum atomic E-state index is 11.5. The molecule has 0 bridgehead atoms. The van der Waals surface area contributed by atoms with Gasteiger partial charge in [-0.05, 0) is 12.8 Å². The van der Waals surface area contributed by atoms with Gasteiger partial charge in [0, 0.05) is 0 Å². The molecule has 0 aliphatic rings. The second-order valence-electron chi connectivity index (χ2n) is 11.3. The van der Waals surface area contributed by atoms with Gasteiger partial charge in [0.15, 0.2) is 24.1 Å². The molecular weight excluding hydrogens is 486 g/mol. The molecule has 5 nitrogen and oxygen atoms in total. The van der Waals surface area contributed by atoms with E-state index in [4.69, 9.17) is 9.47 Å². The van der Waals surface area contributed by atoms with Crippen LogP contribution in [0.5, 0.6) is 11.5 Å². The van der Waals surface area contributed by atoms with Crippen molar-refractivity contribution in [2.75, 3.05) is 13.2 Å². The molecule has 0 aromatic carbocycles. The molecule has 1 aromatic heterocycles. The Balaban J connectivity index is 2.17. The van der Waals surface area contributed by atoms with Crippen LogP contribution in [0.2, 0.25) is 0 Å². The molecule has 0 aliphatic heterocycles. The van der Waals surface area contributed by atoms with Crippen molar-refractivity contribution in [2.45, 2.75) is 168 Å². The second kappa shape index (κ2) is 26.4. The van der Waals surface area contributed by atoms with E-state index in [9.17, 15) is 9.59 Å². The zero-order valence-electron chi connectivity index (χ0n) is 25.7. The fourth-order valence-electron chi connectivity index (χ4n) is 5.19. The van der Waals surface area contributed by atoms with E-state index in [1.54, 1.807) is 0 Å². The third-order valence-electron chi connectivity index (χ3n) is 7.69. The topological polar surface area (TPSA) is 68.4 Å². The van der Waals surface area contributed by atoms with Gasteiger partial charge < -0.3 is 14.5 Å². The van der Waals surface area contributed by atoms with Crippen molar-refractivity contribution in [1.29, 1.82) is 0 Å². The van der Waals surface area contributed by atoms with E-state index in [-0.39, 0.29) is 0 Å². The summed E-state index contributed by atoms with van der Waals surface area (Å²) in [6, 6.07) is 0. The van der Waals surface area contributed by atoms with Crippen LogP contribution in [0.1, 0.15) is 189 Å². The van der Waals surface area contributed by atoms with Gasteiger partial charge in [0.1, 0.15) is 11.4 Å². The largest absolute Gasteiger partial charge is 0.487 e. The van der Waals surface area contributed by atoms with Crippen LogP contribution in [0.25, 0.3) is 0 Å². The summed E-state index contributed by atoms with van der Waals surface area (Å²) in [5.41, 5.74) is 0.585. The van der Waals surface area contributed by atoms with Crippen molar-refractivity contribution < 1.29 is 19.1 Å². The first kappa shape index (κ1) is 35.2. The Morgan fingerprint density at radius 2 is 0.692 bits per heavy atom. The predicted octanol–water partition coefficient (Wildman–Crippen LogP) is 10.8. The van der Waals surface area contributed by atoms with E-state index in [2.05, 4.69) is 18.8 Å². The van der Waals surface area contributed by atoms with Crippen molar-refractivity contribution in [3.8, 4) is 11.5 Å². The van der Waals surface area contributed by atoms with Crippen molar-refractivity contribution in [1.82, 2.24) is 4.98 Å². The summed E-state index contributed by atoms with van der Waals surface area (Å²) < 4.78 is 11.9. The molecule has 0 aliphatic carbocycles. The zero-order chi connectivity index (χ0) is 28.2. The van der Waals surface area contributed by atoms with Crippen molar-refractivity contribution >= 4 is 12.6 Å². The highest BCUT2D eigenvalue weighted by atomic mass is 16.5. The molecule has 0 radical (unpaired) electrons. The highest BCUT2D eigenvalue weighted by molar-refractivity contribution is 5.87. The van der Waals surface area contributed by atoms with Gasteiger partial charge in [-0.1, -0.05) is 155 Å². The molecular formula is C34H61NO4. The Morgan fingerprint density at radius 1 is 0.436 bits per heavy atom. The lowest BCUT2D eigenvalue weighted by atomic mass is 10.1. The van der Waals surface area contributed by atoms with Gasteiger partial charge >= 0.3 is 0 Å². The molecule has 1 aromatic rings. The number of rotatable bonds is 30. The number of ether oxygens (including phenoxy) is 2. The Hall–Kier alpha value is -1.78. The lowest BCUT2D eigenvalue weighted by Gasteiger charge is -2.10. The van der Waals surface area contributed by atoms with E-state index in [0.717, 1.165) is 25.7 Å². The number of aromatic nitrogens is 1. The number of carbonyl (C=O) groups is 2. The smallest absolute Gasteiger partial charge is 0.190 e. The molecule has 0 amide bonds. The first-order chi connectivity index (χ1) is 19.3. The minimum atomic E-state index is 0.292. The molecule has 39 heavy (non-hydrogen) atoms. The maximum absolute atomic E-state index is 11.5. The van der Waals surface area contributed by atoms with Gasteiger partial charge in [-0.15, -0.1) is 0 Å². The van der Waals surface area contributed by atoms with Crippen LogP contribution >= 0.6 is 0 Å². The standard InChI is InChI=1S/C34H61NO4/c1-3-5-7-9-11-13-15-17-19-21-23-25-27-38-33-31(29-36)35-32(30-37)34(33)39-28-26-24-22-20-18-16-14-12-10-8-6-4-2/h29-30,35H,3-28H2,1-2H3. The van der Waals surface area contributed by atoms with E-state index in [0.29, 0.717) is 48.7 Å². The average molecular weight is 548 g/mol. The monoisotopic (exact) mass is 547 g/mol. The Morgan fingerprint density at radius 3 is 0.949 bits per heavy atom. The molecule has 1 N–H and O–H groups in total. The van der Waals surface area contributed by atoms with Crippen LogP contribution < -0.4 is 9.47 Å². The number of unbranched alkanes of at least 4 members (excludes halogenated alkanes) is 22. The Kier molecular flexibility index (Phi) is 23.9. The second-order valence-corrected chi connectivity index (χ2v) is 11.3. The minimum absolute atomic E-state index is 0.292. The van der Waals surface area contributed by atoms with Crippen LogP contribution in [0, 0.1) is 0 Å². The molecule has 226 valence electrons. The molecule has 0 fully saturated rings. The number of hydrogen-bond donors (Lipinski definition) is 1. The average Bonchev–Trinajstić information content (AvgIpc) is 3.30. The predicted molar refractivity (Wildman–Crippen MR) is 165 cm³/mol. The molecule has 0 unspecified atom stereocenters. The molecule has 5 heteroatoms. The zero-order valence-corrected chi connectivity index (χ0v) is 25.7. The summed E-state index contributed by atoms with van der Waals surface area (Å²) in [6.07, 6.45) is 32.3. The number of aldehydes is 2. The summed E-state index contributed by atoms with van der Waals surface area (Å²) in [6.45, 7) is 5.59. The number of hydrogen-bond acceptors (Lipinski definition) is 4. The van der Waals surface area contributed by atoms with E-state index in [1.807, 2.05) is 0 Å². The van der Waals surface area contributed by atoms with Gasteiger partial charge in [0.2, 0.25) is 0 Å².